The van der Waals surface area contributed by atoms with Crippen molar-refractivity contribution >= 4 is 17.8 Å². The number of hydrogen-bond acceptors (Lipinski definition) is 2. The van der Waals surface area contributed by atoms with E-state index in [0.29, 0.717) is 0 Å². The Morgan fingerprint density at radius 3 is 2.04 bits per heavy atom. The van der Waals surface area contributed by atoms with Crippen molar-refractivity contribution in [2.24, 2.45) is 0 Å². The van der Waals surface area contributed by atoms with Crippen molar-refractivity contribution < 1.29 is 9.30 Å². The molecule has 2 aromatic carbocycles. The molecule has 0 bridgehead atoms. The van der Waals surface area contributed by atoms with Crippen molar-refractivity contribution in [2.45, 2.75) is 31.3 Å². The molecule has 1 unspecified atom stereocenters. The third-order valence-corrected chi connectivity index (χ3v) is 8.36. The average molecular weight is 336 g/mol. The van der Waals surface area contributed by atoms with Gasteiger partial charge in [0.25, 0.3) is 0 Å². The molecule has 122 valence electrons. The van der Waals surface area contributed by atoms with Gasteiger partial charge in [-0.05, 0) is 30.9 Å². The molecule has 0 fully saturated rings. The van der Waals surface area contributed by atoms with Crippen LogP contribution in [0.2, 0.25) is 0 Å². The van der Waals surface area contributed by atoms with Gasteiger partial charge in [0.1, 0.15) is 5.76 Å². The lowest BCUT2D eigenvalue weighted by atomic mass is 9.94. The van der Waals surface area contributed by atoms with E-state index in [0.717, 1.165) is 42.1 Å². The Balaban J connectivity index is 1.91. The van der Waals surface area contributed by atoms with E-state index in [9.17, 15) is 4.57 Å². The van der Waals surface area contributed by atoms with Gasteiger partial charge in [-0.15, -0.1) is 0 Å². The molecule has 2 aromatic rings. The van der Waals surface area contributed by atoms with E-state index in [-0.39, 0.29) is 5.66 Å². The van der Waals surface area contributed by atoms with Crippen LogP contribution in [0.25, 0.3) is 0 Å². The molecule has 0 saturated heterocycles. The summed E-state index contributed by atoms with van der Waals surface area (Å²) < 4.78 is 20.2. The van der Waals surface area contributed by atoms with Gasteiger partial charge in [0.2, 0.25) is 0 Å². The van der Waals surface area contributed by atoms with Crippen LogP contribution < -0.4 is 10.6 Å². The Morgan fingerprint density at radius 1 is 0.833 bits per heavy atom. The lowest BCUT2D eigenvalue weighted by Gasteiger charge is -2.33. The predicted octanol–water partition coefficient (Wildman–Crippen LogP) is 4.74. The molecule has 0 aromatic heterocycles. The van der Waals surface area contributed by atoms with Gasteiger partial charge in [0.05, 0.1) is 11.9 Å². The maximum absolute atomic E-state index is 14.5. The fourth-order valence-corrected chi connectivity index (χ4v) is 6.97. The van der Waals surface area contributed by atoms with E-state index in [4.69, 9.17) is 4.74 Å². The van der Waals surface area contributed by atoms with Crippen molar-refractivity contribution in [1.29, 1.82) is 0 Å². The van der Waals surface area contributed by atoms with Crippen molar-refractivity contribution in [1.82, 2.24) is 0 Å². The monoisotopic (exact) mass is 336 g/mol. The maximum atomic E-state index is 14.5. The molecular formula is C21H21O2P. The summed E-state index contributed by atoms with van der Waals surface area (Å²) in [6, 6.07) is 19.9. The minimum Gasteiger partial charge on any atom is -0.470 e. The van der Waals surface area contributed by atoms with Gasteiger partial charge in [0, 0.05) is 17.0 Å². The number of rotatable bonds is 3. The van der Waals surface area contributed by atoms with E-state index in [2.05, 4.69) is 0 Å². The van der Waals surface area contributed by atoms with Crippen molar-refractivity contribution in [2.75, 3.05) is 0 Å². The summed E-state index contributed by atoms with van der Waals surface area (Å²) in [5.41, 5.74) is 1.14. The topological polar surface area (TPSA) is 26.3 Å². The molecule has 3 heteroatoms. The van der Waals surface area contributed by atoms with E-state index in [1.807, 2.05) is 66.7 Å². The zero-order chi connectivity index (χ0) is 16.4. The van der Waals surface area contributed by atoms with Crippen LogP contribution in [0.5, 0.6) is 0 Å². The highest BCUT2D eigenvalue weighted by molar-refractivity contribution is 7.79. The van der Waals surface area contributed by atoms with Crippen LogP contribution in [-0.2, 0) is 9.30 Å². The first-order valence-electron chi connectivity index (χ1n) is 8.56. The standard InChI is InChI=1S/C21H21O2P/c22-24(17-9-3-1-4-10-17,18-11-5-2-6-12-18)21-15-16-23-20-14-8-7-13-19(20)21/h1-6,9-12,15-16,21H,7-8,13-14H2. The molecule has 1 heterocycles. The van der Waals surface area contributed by atoms with Crippen LogP contribution in [0.1, 0.15) is 25.7 Å². The van der Waals surface area contributed by atoms with Crippen LogP contribution in [0.3, 0.4) is 0 Å². The summed E-state index contributed by atoms with van der Waals surface area (Å²) in [6.07, 6.45) is 7.99. The molecule has 0 radical (unpaired) electrons. The second-order valence-corrected chi connectivity index (χ2v) is 9.28. The Kier molecular flexibility index (Phi) is 4.16. The number of allylic oxidation sites excluding steroid dienone is 3. The number of benzene rings is 2. The Hall–Kier alpha value is -2.05. The lowest BCUT2D eigenvalue weighted by Crippen LogP contribution is -2.29. The summed E-state index contributed by atoms with van der Waals surface area (Å²) in [7, 11) is -2.81. The fourth-order valence-electron chi connectivity index (χ4n) is 3.77. The highest BCUT2D eigenvalue weighted by Gasteiger charge is 2.40. The van der Waals surface area contributed by atoms with E-state index < -0.39 is 7.14 Å². The quantitative estimate of drug-likeness (QED) is 0.757. The van der Waals surface area contributed by atoms with Gasteiger partial charge in [-0.3, -0.25) is 0 Å². The minimum atomic E-state index is -2.81. The summed E-state index contributed by atoms with van der Waals surface area (Å²) in [5.74, 6) is 1.04. The third-order valence-electron chi connectivity index (χ3n) is 4.96. The molecule has 1 aliphatic heterocycles. The van der Waals surface area contributed by atoms with Crippen molar-refractivity contribution in [3.8, 4) is 0 Å². The third kappa shape index (κ3) is 2.56. The first kappa shape index (κ1) is 15.5. The summed E-state index contributed by atoms with van der Waals surface area (Å²) in [5, 5.41) is 1.84. The molecule has 1 aliphatic carbocycles. The van der Waals surface area contributed by atoms with Crippen LogP contribution >= 0.6 is 7.14 Å². The molecule has 2 aliphatic rings. The fraction of sp³-hybridized carbons (Fsp3) is 0.238. The molecule has 24 heavy (non-hydrogen) atoms. The normalized spacial score (nSPS) is 20.4. The molecule has 2 nitrogen and oxygen atoms in total. The largest absolute Gasteiger partial charge is 0.470 e. The van der Waals surface area contributed by atoms with Gasteiger partial charge in [-0.25, -0.2) is 0 Å². The smallest absolute Gasteiger partial charge is 0.153 e. The zero-order valence-corrected chi connectivity index (χ0v) is 14.5. The Morgan fingerprint density at radius 2 is 1.42 bits per heavy atom. The minimum absolute atomic E-state index is 0.0913. The first-order chi connectivity index (χ1) is 11.8. The molecule has 0 N–H and O–H groups in total. The predicted molar refractivity (Wildman–Crippen MR) is 99.3 cm³/mol. The highest BCUT2D eigenvalue weighted by atomic mass is 31.2. The molecule has 1 atom stereocenters. The van der Waals surface area contributed by atoms with Gasteiger partial charge < -0.3 is 9.30 Å². The average Bonchev–Trinajstić information content (AvgIpc) is 2.68. The molecule has 4 rings (SSSR count). The highest BCUT2D eigenvalue weighted by Crippen LogP contribution is 2.55. The number of hydrogen-bond donors (Lipinski definition) is 0. The summed E-state index contributed by atoms with van der Waals surface area (Å²) >= 11 is 0. The lowest BCUT2D eigenvalue weighted by molar-refractivity contribution is 0.301. The second kappa shape index (κ2) is 6.45. The van der Waals surface area contributed by atoms with E-state index in [1.165, 1.54) is 5.57 Å². The van der Waals surface area contributed by atoms with Gasteiger partial charge in [-0.1, -0.05) is 60.7 Å². The van der Waals surface area contributed by atoms with Crippen LogP contribution in [0.4, 0.5) is 0 Å². The van der Waals surface area contributed by atoms with Crippen LogP contribution in [0.15, 0.2) is 84.3 Å². The maximum Gasteiger partial charge on any atom is 0.153 e. The Labute approximate surface area is 143 Å². The van der Waals surface area contributed by atoms with Gasteiger partial charge >= 0.3 is 0 Å². The molecular weight excluding hydrogens is 315 g/mol. The van der Waals surface area contributed by atoms with E-state index in [1.54, 1.807) is 6.26 Å². The van der Waals surface area contributed by atoms with Gasteiger partial charge in [-0.2, -0.15) is 0 Å². The Bertz CT molecular complexity index is 778. The molecule has 0 spiro atoms. The molecule has 0 amide bonds. The SMILES string of the molecule is O=P(c1ccccc1)(c1ccccc1)C1C=COC2=C1CCCC2. The summed E-state index contributed by atoms with van der Waals surface area (Å²) in [4.78, 5) is 0. The van der Waals surface area contributed by atoms with E-state index >= 15 is 0 Å². The number of ether oxygens (including phenoxy) is 1. The van der Waals surface area contributed by atoms with Crippen molar-refractivity contribution in [3.63, 3.8) is 0 Å². The summed E-state index contributed by atoms with van der Waals surface area (Å²) in [6.45, 7) is 0. The van der Waals surface area contributed by atoms with Crippen LogP contribution in [0, 0.1) is 0 Å². The van der Waals surface area contributed by atoms with Crippen molar-refractivity contribution in [3.05, 3.63) is 84.3 Å². The first-order valence-corrected chi connectivity index (χ1v) is 10.3. The second-order valence-electron chi connectivity index (χ2n) is 6.38. The molecule has 0 saturated carbocycles. The van der Waals surface area contributed by atoms with Crippen LogP contribution in [-0.4, -0.2) is 5.66 Å². The van der Waals surface area contributed by atoms with Gasteiger partial charge in [0.15, 0.2) is 7.14 Å². The zero-order valence-electron chi connectivity index (χ0n) is 13.6.